The van der Waals surface area contributed by atoms with E-state index in [9.17, 15) is 14.4 Å². The second-order valence-electron chi connectivity index (χ2n) is 3.90. The largest absolute Gasteiger partial charge is 0.462 e. The predicted octanol–water partition coefficient (Wildman–Crippen LogP) is 1.74. The number of rotatable bonds is 8. The van der Waals surface area contributed by atoms with Gasteiger partial charge in [0.1, 0.15) is 0 Å². The first-order valence-electron chi connectivity index (χ1n) is 6.97. The molecule has 0 radical (unpaired) electrons. The third-order valence-electron chi connectivity index (χ3n) is 2.32. The van der Waals surface area contributed by atoms with Crippen LogP contribution in [0.2, 0.25) is 0 Å². The average Bonchev–Trinajstić information content (AvgIpc) is 2.97. The minimum Gasteiger partial charge on any atom is -0.462 e. The van der Waals surface area contributed by atoms with Crippen LogP contribution in [0.4, 0.5) is 5.13 Å². The van der Waals surface area contributed by atoms with E-state index in [1.54, 1.807) is 20.8 Å². The molecule has 1 rings (SSSR count). The Kier molecular flexibility index (Phi) is 7.75. The number of esters is 3. The maximum Gasteiger partial charge on any atom is 0.357 e. The zero-order valence-corrected chi connectivity index (χ0v) is 13.9. The molecule has 0 amide bonds. The molecule has 0 saturated carbocycles. The van der Waals surface area contributed by atoms with Crippen LogP contribution in [0.15, 0.2) is 17.2 Å². The molecule has 1 aromatic heterocycles. The Labute approximate surface area is 137 Å². The van der Waals surface area contributed by atoms with E-state index in [0.29, 0.717) is 5.13 Å². The molecule has 23 heavy (non-hydrogen) atoms. The highest BCUT2D eigenvalue weighted by atomic mass is 32.1. The summed E-state index contributed by atoms with van der Waals surface area (Å²) < 4.78 is 14.4. The molecular formula is C14H18N2O6S. The molecule has 0 spiro atoms. The molecule has 0 saturated heterocycles. The first-order valence-corrected chi connectivity index (χ1v) is 7.84. The SMILES string of the molecule is CCOC(=O)C(=CNc1nc(C(=O)OCC)cs1)C(=O)OCC. The summed E-state index contributed by atoms with van der Waals surface area (Å²) in [6.45, 7) is 5.44. The smallest absolute Gasteiger partial charge is 0.357 e. The summed E-state index contributed by atoms with van der Waals surface area (Å²) in [4.78, 5) is 39.0. The van der Waals surface area contributed by atoms with Crippen molar-refractivity contribution in [3.05, 3.63) is 22.8 Å². The van der Waals surface area contributed by atoms with Crippen LogP contribution in [-0.4, -0.2) is 42.7 Å². The molecule has 0 aromatic carbocycles. The van der Waals surface area contributed by atoms with E-state index in [2.05, 4.69) is 10.3 Å². The van der Waals surface area contributed by atoms with E-state index < -0.39 is 17.9 Å². The molecule has 1 heterocycles. The van der Waals surface area contributed by atoms with E-state index in [4.69, 9.17) is 14.2 Å². The first kappa shape index (κ1) is 18.6. The molecular weight excluding hydrogens is 324 g/mol. The van der Waals surface area contributed by atoms with E-state index in [1.165, 1.54) is 5.38 Å². The van der Waals surface area contributed by atoms with Gasteiger partial charge in [-0.3, -0.25) is 0 Å². The number of nitrogens with zero attached hydrogens (tertiary/aromatic N) is 1. The highest BCUT2D eigenvalue weighted by molar-refractivity contribution is 7.13. The second-order valence-corrected chi connectivity index (χ2v) is 4.76. The van der Waals surface area contributed by atoms with Gasteiger partial charge in [-0.1, -0.05) is 0 Å². The molecule has 126 valence electrons. The Morgan fingerprint density at radius 2 is 1.65 bits per heavy atom. The Hall–Kier alpha value is -2.42. The number of hydrogen-bond acceptors (Lipinski definition) is 9. The highest BCUT2D eigenvalue weighted by Crippen LogP contribution is 2.17. The summed E-state index contributed by atoms with van der Waals surface area (Å²) >= 11 is 1.12. The number of anilines is 1. The first-order chi connectivity index (χ1) is 11.0. The van der Waals surface area contributed by atoms with Crippen LogP contribution in [0, 0.1) is 0 Å². The summed E-state index contributed by atoms with van der Waals surface area (Å²) in [7, 11) is 0. The topological polar surface area (TPSA) is 104 Å². The molecule has 0 atom stereocenters. The van der Waals surface area contributed by atoms with Gasteiger partial charge in [-0.05, 0) is 20.8 Å². The average molecular weight is 342 g/mol. The normalized spacial score (nSPS) is 9.70. The monoisotopic (exact) mass is 342 g/mol. The van der Waals surface area contributed by atoms with Gasteiger partial charge in [-0.25, -0.2) is 19.4 Å². The Balaban J connectivity index is 2.85. The lowest BCUT2D eigenvalue weighted by Gasteiger charge is -2.06. The summed E-state index contributed by atoms with van der Waals surface area (Å²) in [5, 5.41) is 4.50. The van der Waals surface area contributed by atoms with Crippen molar-refractivity contribution >= 4 is 34.4 Å². The molecule has 0 fully saturated rings. The van der Waals surface area contributed by atoms with Gasteiger partial charge >= 0.3 is 17.9 Å². The molecule has 8 nitrogen and oxygen atoms in total. The Bertz CT molecular complexity index is 576. The van der Waals surface area contributed by atoms with Gasteiger partial charge in [0.05, 0.1) is 19.8 Å². The van der Waals surface area contributed by atoms with Crippen molar-refractivity contribution in [1.29, 1.82) is 0 Å². The number of ether oxygens (including phenoxy) is 3. The fourth-order valence-corrected chi connectivity index (χ4v) is 2.04. The van der Waals surface area contributed by atoms with Gasteiger partial charge in [0.15, 0.2) is 16.4 Å². The maximum absolute atomic E-state index is 11.8. The van der Waals surface area contributed by atoms with Crippen molar-refractivity contribution < 1.29 is 28.6 Å². The second kappa shape index (κ2) is 9.57. The van der Waals surface area contributed by atoms with Crippen LogP contribution in [0.1, 0.15) is 31.3 Å². The Morgan fingerprint density at radius 3 is 2.17 bits per heavy atom. The molecule has 1 N–H and O–H groups in total. The molecule has 0 aliphatic carbocycles. The third kappa shape index (κ3) is 5.70. The molecule has 0 aliphatic heterocycles. The predicted molar refractivity (Wildman–Crippen MR) is 83.0 cm³/mol. The molecule has 9 heteroatoms. The lowest BCUT2D eigenvalue weighted by Crippen LogP contribution is -2.19. The quantitative estimate of drug-likeness (QED) is 0.250. The van der Waals surface area contributed by atoms with Crippen molar-refractivity contribution in [3.63, 3.8) is 0 Å². The van der Waals surface area contributed by atoms with Crippen molar-refractivity contribution in [3.8, 4) is 0 Å². The van der Waals surface area contributed by atoms with Gasteiger partial charge in [0, 0.05) is 11.6 Å². The number of carbonyl (C=O) groups is 3. The van der Waals surface area contributed by atoms with E-state index in [-0.39, 0.29) is 31.1 Å². The minimum atomic E-state index is -0.805. The molecule has 0 aliphatic rings. The van der Waals surface area contributed by atoms with Crippen molar-refractivity contribution in [2.24, 2.45) is 0 Å². The van der Waals surface area contributed by atoms with Crippen molar-refractivity contribution in [1.82, 2.24) is 4.98 Å². The fourth-order valence-electron chi connectivity index (χ4n) is 1.39. The molecule has 0 bridgehead atoms. The zero-order valence-electron chi connectivity index (χ0n) is 13.1. The van der Waals surface area contributed by atoms with Gasteiger partial charge < -0.3 is 19.5 Å². The van der Waals surface area contributed by atoms with Crippen LogP contribution >= 0.6 is 11.3 Å². The number of carbonyl (C=O) groups excluding carboxylic acids is 3. The van der Waals surface area contributed by atoms with Crippen molar-refractivity contribution in [2.45, 2.75) is 20.8 Å². The van der Waals surface area contributed by atoms with Crippen LogP contribution in [0.5, 0.6) is 0 Å². The van der Waals surface area contributed by atoms with Crippen LogP contribution < -0.4 is 5.32 Å². The maximum atomic E-state index is 11.8. The van der Waals surface area contributed by atoms with Crippen LogP contribution in [-0.2, 0) is 23.8 Å². The van der Waals surface area contributed by atoms with E-state index in [1.807, 2.05) is 0 Å². The number of hydrogen-bond donors (Lipinski definition) is 1. The highest BCUT2D eigenvalue weighted by Gasteiger charge is 2.21. The lowest BCUT2D eigenvalue weighted by molar-refractivity contribution is -0.146. The molecule has 1 aromatic rings. The third-order valence-corrected chi connectivity index (χ3v) is 3.09. The zero-order chi connectivity index (χ0) is 17.2. The van der Waals surface area contributed by atoms with Gasteiger partial charge in [-0.2, -0.15) is 0 Å². The number of aromatic nitrogens is 1. The van der Waals surface area contributed by atoms with Crippen molar-refractivity contribution in [2.75, 3.05) is 25.1 Å². The van der Waals surface area contributed by atoms with E-state index >= 15 is 0 Å². The van der Waals surface area contributed by atoms with Crippen LogP contribution in [0.3, 0.4) is 0 Å². The van der Waals surface area contributed by atoms with Gasteiger partial charge in [0.2, 0.25) is 0 Å². The number of thiazole rings is 1. The summed E-state index contributed by atoms with van der Waals surface area (Å²) in [5.74, 6) is -2.15. The van der Waals surface area contributed by atoms with Crippen LogP contribution in [0.25, 0.3) is 0 Å². The molecule has 0 unspecified atom stereocenters. The summed E-state index contributed by atoms with van der Waals surface area (Å²) in [5.41, 5.74) is -0.150. The van der Waals surface area contributed by atoms with E-state index in [0.717, 1.165) is 17.5 Å². The Morgan fingerprint density at radius 1 is 1.09 bits per heavy atom. The fraction of sp³-hybridized carbons (Fsp3) is 0.429. The minimum absolute atomic E-state index is 0.125. The number of nitrogens with one attached hydrogen (secondary N) is 1. The summed E-state index contributed by atoms with van der Waals surface area (Å²) in [6, 6.07) is 0. The van der Waals surface area contributed by atoms with Gasteiger partial charge in [-0.15, -0.1) is 11.3 Å². The lowest BCUT2D eigenvalue weighted by atomic mass is 10.3. The summed E-state index contributed by atoms with van der Waals surface area (Å²) in [6.07, 6.45) is 1.14. The standard InChI is InChI=1S/C14H18N2O6S/c1-4-20-11(17)9(12(18)21-5-2)7-15-14-16-10(8-23-14)13(19)22-6-3/h7-8H,4-6H2,1-3H3,(H,15,16). The van der Waals surface area contributed by atoms with Gasteiger partial charge in [0.25, 0.3) is 0 Å².